The van der Waals surface area contributed by atoms with Crippen LogP contribution in [0.3, 0.4) is 0 Å². The van der Waals surface area contributed by atoms with Crippen LogP contribution in [0.15, 0.2) is 30.5 Å². The molecule has 0 heterocycles. The zero-order valence-corrected chi connectivity index (χ0v) is 6.72. The van der Waals surface area contributed by atoms with E-state index in [0.29, 0.717) is 5.56 Å². The van der Waals surface area contributed by atoms with Crippen LogP contribution >= 0.6 is 0 Å². The first-order valence-corrected chi connectivity index (χ1v) is 3.62. The van der Waals surface area contributed by atoms with Gasteiger partial charge in [-0.1, -0.05) is 12.1 Å². The molecule has 0 fully saturated rings. The monoisotopic (exact) mass is 182 g/mol. The molecule has 0 radical (unpaired) electrons. The fourth-order valence-corrected chi connectivity index (χ4v) is 0.798. The number of hydrogen-bond acceptors (Lipinski definition) is 3. The molecule has 0 saturated heterocycles. The maximum absolute atomic E-state index is 12.6. The molecule has 3 nitrogen and oxygen atoms in total. The van der Waals surface area contributed by atoms with Crippen molar-refractivity contribution < 1.29 is 19.1 Å². The van der Waals surface area contributed by atoms with Crippen LogP contribution in [0.4, 0.5) is 4.39 Å². The maximum Gasteiger partial charge on any atom is 0.707 e. The zero-order chi connectivity index (χ0) is 9.68. The van der Waals surface area contributed by atoms with Gasteiger partial charge >= 0.3 is 7.32 Å². The molecule has 0 unspecified atom stereocenters. The molecule has 0 bridgehead atoms. The van der Waals surface area contributed by atoms with Gasteiger partial charge in [-0.3, -0.25) is 0 Å². The minimum Gasteiger partial charge on any atom is -0.518 e. The fraction of sp³-hybridized carbons (Fsp3) is 0. The third-order valence-electron chi connectivity index (χ3n) is 1.31. The average molecular weight is 182 g/mol. The van der Waals surface area contributed by atoms with E-state index in [1.807, 2.05) is 0 Å². The quantitative estimate of drug-likeness (QED) is 0.536. The highest BCUT2D eigenvalue weighted by Crippen LogP contribution is 2.05. The molecule has 13 heavy (non-hydrogen) atoms. The molecular formula is C8H8BFO3. The van der Waals surface area contributed by atoms with Crippen LogP contribution in [0.1, 0.15) is 5.56 Å². The molecule has 0 aromatic heterocycles. The molecule has 0 spiro atoms. The highest BCUT2D eigenvalue weighted by Gasteiger charge is 2.05. The van der Waals surface area contributed by atoms with Crippen LogP contribution in [0.2, 0.25) is 0 Å². The molecule has 0 saturated carbocycles. The zero-order valence-electron chi connectivity index (χ0n) is 6.72. The summed E-state index contributed by atoms with van der Waals surface area (Å²) < 4.78 is 16.9. The first-order valence-electron chi connectivity index (χ1n) is 3.62. The summed E-state index contributed by atoms with van der Waals surface area (Å²) in [5, 5.41) is 16.6. The van der Waals surface area contributed by atoms with Gasteiger partial charge in [0.2, 0.25) is 0 Å². The van der Waals surface area contributed by atoms with E-state index in [1.54, 1.807) is 12.1 Å². The molecule has 0 atom stereocenters. The lowest BCUT2D eigenvalue weighted by Crippen LogP contribution is -2.12. The lowest BCUT2D eigenvalue weighted by molar-refractivity contribution is 0.258. The lowest BCUT2D eigenvalue weighted by atomic mass is 10.2. The molecule has 1 aromatic carbocycles. The van der Waals surface area contributed by atoms with Crippen LogP contribution < -0.4 is 0 Å². The molecule has 0 aliphatic rings. The summed E-state index contributed by atoms with van der Waals surface area (Å²) in [7, 11) is -1.84. The second-order valence-corrected chi connectivity index (χ2v) is 2.32. The Morgan fingerprint density at radius 3 is 2.77 bits per heavy atom. The van der Waals surface area contributed by atoms with Crippen LogP contribution in [0.25, 0.3) is 6.08 Å². The molecule has 2 N–H and O–H groups in total. The molecule has 68 valence electrons. The van der Waals surface area contributed by atoms with Gasteiger partial charge in [0.1, 0.15) is 5.82 Å². The van der Waals surface area contributed by atoms with Gasteiger partial charge in [0, 0.05) is 0 Å². The summed E-state index contributed by atoms with van der Waals surface area (Å²) >= 11 is 0. The normalized spacial score (nSPS) is 10.4. The molecule has 0 aliphatic carbocycles. The summed E-state index contributed by atoms with van der Waals surface area (Å²) in [6.45, 7) is 0. The summed E-state index contributed by atoms with van der Waals surface area (Å²) in [5.41, 5.74) is 0.584. The van der Waals surface area contributed by atoms with E-state index < -0.39 is 7.32 Å². The fourth-order valence-electron chi connectivity index (χ4n) is 0.798. The number of hydrogen-bond donors (Lipinski definition) is 2. The van der Waals surface area contributed by atoms with Gasteiger partial charge in [0.05, 0.1) is 6.26 Å². The summed E-state index contributed by atoms with van der Waals surface area (Å²) in [6.07, 6.45) is 2.50. The maximum atomic E-state index is 12.6. The van der Waals surface area contributed by atoms with Crippen molar-refractivity contribution in [3.63, 3.8) is 0 Å². The Balaban J connectivity index is 2.58. The Labute approximate surface area is 75.3 Å². The molecule has 5 heteroatoms. The highest BCUT2D eigenvalue weighted by molar-refractivity contribution is 6.32. The van der Waals surface area contributed by atoms with Crippen molar-refractivity contribution in [1.29, 1.82) is 0 Å². The number of rotatable bonds is 3. The first kappa shape index (κ1) is 9.76. The van der Waals surface area contributed by atoms with E-state index in [-0.39, 0.29) is 5.82 Å². The van der Waals surface area contributed by atoms with Gasteiger partial charge in [-0.25, -0.2) is 4.39 Å². The van der Waals surface area contributed by atoms with Gasteiger partial charge in [0.15, 0.2) is 0 Å². The van der Waals surface area contributed by atoms with E-state index in [1.165, 1.54) is 18.2 Å². The first-order chi connectivity index (χ1) is 6.18. The number of benzene rings is 1. The SMILES string of the molecule is OB(O)OC=Cc1cccc(F)c1. The van der Waals surface area contributed by atoms with Crippen molar-refractivity contribution in [2.45, 2.75) is 0 Å². The molecule has 1 rings (SSSR count). The Hall–Kier alpha value is -1.33. The summed E-state index contributed by atoms with van der Waals surface area (Å²) in [6, 6.07) is 5.82. The van der Waals surface area contributed by atoms with Gasteiger partial charge < -0.3 is 14.7 Å². The Kier molecular flexibility index (Phi) is 3.48. The van der Waals surface area contributed by atoms with Gasteiger partial charge in [-0.2, -0.15) is 0 Å². The minimum absolute atomic E-state index is 0.355. The van der Waals surface area contributed by atoms with Gasteiger partial charge in [0.25, 0.3) is 0 Å². The van der Waals surface area contributed by atoms with Gasteiger partial charge in [-0.15, -0.1) is 0 Å². The third-order valence-corrected chi connectivity index (χ3v) is 1.31. The third kappa shape index (κ3) is 3.73. The van der Waals surface area contributed by atoms with Crippen LogP contribution in [0.5, 0.6) is 0 Å². The second-order valence-electron chi connectivity index (χ2n) is 2.32. The predicted molar refractivity (Wildman–Crippen MR) is 46.7 cm³/mol. The van der Waals surface area contributed by atoms with Crippen molar-refractivity contribution in [2.24, 2.45) is 0 Å². The average Bonchev–Trinajstić information content (AvgIpc) is 2.03. The van der Waals surface area contributed by atoms with Crippen molar-refractivity contribution in [2.75, 3.05) is 0 Å². The van der Waals surface area contributed by atoms with Gasteiger partial charge in [-0.05, 0) is 23.8 Å². The summed E-state index contributed by atoms with van der Waals surface area (Å²) in [4.78, 5) is 0. The van der Waals surface area contributed by atoms with Crippen LogP contribution in [-0.4, -0.2) is 17.4 Å². The Bertz CT molecular complexity index is 301. The van der Waals surface area contributed by atoms with E-state index in [9.17, 15) is 4.39 Å². The largest absolute Gasteiger partial charge is 0.707 e. The van der Waals surface area contributed by atoms with Crippen molar-refractivity contribution in [1.82, 2.24) is 0 Å². The van der Waals surface area contributed by atoms with E-state index in [2.05, 4.69) is 4.65 Å². The van der Waals surface area contributed by atoms with Crippen LogP contribution in [0, 0.1) is 5.82 Å². The highest BCUT2D eigenvalue weighted by atomic mass is 19.1. The number of halogens is 1. The van der Waals surface area contributed by atoms with Crippen LogP contribution in [-0.2, 0) is 4.65 Å². The Morgan fingerprint density at radius 2 is 2.15 bits per heavy atom. The van der Waals surface area contributed by atoms with Crippen molar-refractivity contribution >= 4 is 13.4 Å². The second kappa shape index (κ2) is 4.64. The van der Waals surface area contributed by atoms with Crippen molar-refractivity contribution in [3.8, 4) is 0 Å². The van der Waals surface area contributed by atoms with E-state index >= 15 is 0 Å². The molecule has 0 aliphatic heterocycles. The molecule has 1 aromatic rings. The molecule has 0 amide bonds. The summed E-state index contributed by atoms with van der Waals surface area (Å²) in [5.74, 6) is -0.355. The minimum atomic E-state index is -1.84. The molecular weight excluding hydrogens is 174 g/mol. The van der Waals surface area contributed by atoms with E-state index in [0.717, 1.165) is 6.26 Å². The standard InChI is InChI=1S/C8H8BFO3/c10-8-3-1-2-7(6-8)4-5-13-9(11)12/h1-6,11-12H. The smallest absolute Gasteiger partial charge is 0.518 e. The lowest BCUT2D eigenvalue weighted by Gasteiger charge is -1.96. The Morgan fingerprint density at radius 1 is 1.38 bits per heavy atom. The van der Waals surface area contributed by atoms with Crippen molar-refractivity contribution in [3.05, 3.63) is 41.9 Å². The predicted octanol–water partition coefficient (Wildman–Crippen LogP) is 0.782. The van der Waals surface area contributed by atoms with E-state index in [4.69, 9.17) is 10.0 Å². The topological polar surface area (TPSA) is 49.7 Å².